The van der Waals surface area contributed by atoms with Gasteiger partial charge in [0.05, 0.1) is 12.7 Å². The van der Waals surface area contributed by atoms with Crippen LogP contribution in [0.2, 0.25) is 0 Å². The number of methoxy groups -OCH3 is 1. The number of unbranched alkanes of at least 4 members (excludes halogenated alkanes) is 2. The predicted molar refractivity (Wildman–Crippen MR) is 68.8 cm³/mol. The molecule has 0 saturated carbocycles. The third kappa shape index (κ3) is 5.42. The highest BCUT2D eigenvalue weighted by Crippen LogP contribution is 2.16. The number of carboxylic acid groups (broad SMARTS) is 1. The molecule has 1 N–H and O–H groups in total. The van der Waals surface area contributed by atoms with Gasteiger partial charge in [0.15, 0.2) is 0 Å². The summed E-state index contributed by atoms with van der Waals surface area (Å²) in [5.41, 5.74) is 0.500. The second-order valence-corrected chi connectivity index (χ2v) is 4.14. The molecule has 0 radical (unpaired) electrons. The van der Waals surface area contributed by atoms with Gasteiger partial charge in [0.1, 0.15) is 5.75 Å². The Morgan fingerprint density at radius 3 is 2.63 bits per heavy atom. The summed E-state index contributed by atoms with van der Waals surface area (Å²) in [6.45, 7) is 0.518. The Balaban J connectivity index is 2.29. The summed E-state index contributed by atoms with van der Waals surface area (Å²) in [6, 6.07) is 7.01. The third-order valence-corrected chi connectivity index (χ3v) is 2.69. The lowest BCUT2D eigenvalue weighted by Crippen LogP contribution is -2.25. The summed E-state index contributed by atoms with van der Waals surface area (Å²) in [5, 5.41) is 13.0. The minimum absolute atomic E-state index is 0.0699. The third-order valence-electron chi connectivity index (χ3n) is 2.69. The van der Waals surface area contributed by atoms with Gasteiger partial charge in [-0.15, -0.1) is 0 Å². The molecule has 5 nitrogen and oxygen atoms in total. The van der Waals surface area contributed by atoms with E-state index >= 15 is 0 Å². The molecule has 1 rings (SSSR count). The molecular weight excluding hydrogens is 246 g/mol. The number of carboxylic acids is 1. The summed E-state index contributed by atoms with van der Waals surface area (Å²) >= 11 is 0. The molecule has 0 aliphatic carbocycles. The molecule has 0 saturated heterocycles. The molecule has 5 heteroatoms. The number of nitrogens with one attached hydrogen (secondary N) is 1. The number of aliphatic carboxylic acids is 1. The standard InChI is InChI=1S/C14H19NO4/c1-19-12-8-5-4-7-11(12)14(18)15-10-6-2-3-9-13(16)17/h4-5,7-8H,2-3,6,9-10H2,1H3,(H,15,18)(H,16,17)/p-1. The second kappa shape index (κ2) is 8.13. The van der Waals surface area contributed by atoms with Crippen molar-refractivity contribution in [1.82, 2.24) is 5.32 Å². The molecule has 0 heterocycles. The van der Waals surface area contributed by atoms with E-state index in [1.165, 1.54) is 7.11 Å². The van der Waals surface area contributed by atoms with Crippen LogP contribution in [0.4, 0.5) is 0 Å². The molecule has 0 unspecified atom stereocenters. The van der Waals surface area contributed by atoms with Gasteiger partial charge >= 0.3 is 0 Å². The number of ether oxygens (including phenoxy) is 1. The number of benzene rings is 1. The average molecular weight is 264 g/mol. The van der Waals surface area contributed by atoms with Crippen LogP contribution in [0, 0.1) is 0 Å². The molecule has 19 heavy (non-hydrogen) atoms. The van der Waals surface area contributed by atoms with Crippen LogP contribution in [0.1, 0.15) is 36.0 Å². The Labute approximate surface area is 112 Å². The lowest BCUT2D eigenvalue weighted by Gasteiger charge is -2.09. The van der Waals surface area contributed by atoms with Gasteiger partial charge in [-0.25, -0.2) is 0 Å². The number of carbonyl (C=O) groups excluding carboxylic acids is 2. The monoisotopic (exact) mass is 264 g/mol. The summed E-state index contributed by atoms with van der Waals surface area (Å²) in [7, 11) is 1.52. The van der Waals surface area contributed by atoms with Crippen LogP contribution < -0.4 is 15.2 Å². The van der Waals surface area contributed by atoms with E-state index < -0.39 is 5.97 Å². The Kier molecular flexibility index (Phi) is 6.43. The van der Waals surface area contributed by atoms with E-state index in [9.17, 15) is 14.7 Å². The van der Waals surface area contributed by atoms with Crippen LogP contribution in [0.25, 0.3) is 0 Å². The van der Waals surface area contributed by atoms with Crippen LogP contribution in [0.15, 0.2) is 24.3 Å². The van der Waals surface area contributed by atoms with E-state index in [2.05, 4.69) is 5.32 Å². The summed E-state index contributed by atoms with van der Waals surface area (Å²) in [6.07, 6.45) is 2.14. The first-order valence-electron chi connectivity index (χ1n) is 6.26. The number of para-hydroxylation sites is 1. The van der Waals surface area contributed by atoms with Crippen molar-refractivity contribution in [2.24, 2.45) is 0 Å². The average Bonchev–Trinajstić information content (AvgIpc) is 2.42. The van der Waals surface area contributed by atoms with E-state index in [1.54, 1.807) is 24.3 Å². The Bertz CT molecular complexity index is 431. The van der Waals surface area contributed by atoms with Gasteiger partial charge in [-0.1, -0.05) is 18.6 Å². The van der Waals surface area contributed by atoms with Crippen molar-refractivity contribution in [3.8, 4) is 5.75 Å². The van der Waals surface area contributed by atoms with Gasteiger partial charge in [-0.05, 0) is 31.4 Å². The maximum Gasteiger partial charge on any atom is 0.255 e. The lowest BCUT2D eigenvalue weighted by atomic mass is 10.1. The number of rotatable bonds is 8. The zero-order chi connectivity index (χ0) is 14.1. The molecule has 0 spiro atoms. The molecule has 0 fully saturated rings. The summed E-state index contributed by atoms with van der Waals surface area (Å²) in [4.78, 5) is 22.1. The van der Waals surface area contributed by atoms with Gasteiger partial charge in [-0.2, -0.15) is 0 Å². The Hall–Kier alpha value is -2.04. The van der Waals surface area contributed by atoms with Crippen molar-refractivity contribution in [2.75, 3.05) is 13.7 Å². The van der Waals surface area contributed by atoms with Crippen LogP contribution in [-0.4, -0.2) is 25.5 Å². The molecule has 1 aromatic rings. The molecule has 0 aliphatic rings. The normalized spacial score (nSPS) is 9.95. The largest absolute Gasteiger partial charge is 0.550 e. The molecule has 0 aliphatic heterocycles. The fourth-order valence-corrected chi connectivity index (χ4v) is 1.70. The number of hydrogen-bond acceptors (Lipinski definition) is 4. The highest BCUT2D eigenvalue weighted by molar-refractivity contribution is 5.96. The number of amides is 1. The molecule has 1 aromatic carbocycles. The van der Waals surface area contributed by atoms with Gasteiger partial charge in [0, 0.05) is 12.5 Å². The molecule has 0 atom stereocenters. The van der Waals surface area contributed by atoms with E-state index in [0.717, 1.165) is 12.8 Å². The van der Waals surface area contributed by atoms with E-state index in [0.29, 0.717) is 24.3 Å². The smallest absolute Gasteiger partial charge is 0.255 e. The first kappa shape index (κ1) is 15.0. The minimum Gasteiger partial charge on any atom is -0.550 e. The molecular formula is C14H18NO4-. The summed E-state index contributed by atoms with van der Waals surface area (Å²) < 4.78 is 5.10. The van der Waals surface area contributed by atoms with E-state index in [1.807, 2.05) is 0 Å². The van der Waals surface area contributed by atoms with Crippen molar-refractivity contribution in [3.05, 3.63) is 29.8 Å². The van der Waals surface area contributed by atoms with Gasteiger partial charge in [-0.3, -0.25) is 4.79 Å². The van der Waals surface area contributed by atoms with E-state index in [-0.39, 0.29) is 12.3 Å². The molecule has 0 bridgehead atoms. The van der Waals surface area contributed by atoms with Crippen molar-refractivity contribution >= 4 is 11.9 Å². The highest BCUT2D eigenvalue weighted by Gasteiger charge is 2.09. The highest BCUT2D eigenvalue weighted by atomic mass is 16.5. The fourth-order valence-electron chi connectivity index (χ4n) is 1.70. The second-order valence-electron chi connectivity index (χ2n) is 4.14. The predicted octanol–water partition coefficient (Wildman–Crippen LogP) is 0.735. The van der Waals surface area contributed by atoms with Crippen molar-refractivity contribution in [3.63, 3.8) is 0 Å². The minimum atomic E-state index is -1.03. The maximum absolute atomic E-state index is 11.9. The van der Waals surface area contributed by atoms with Crippen molar-refractivity contribution < 1.29 is 19.4 Å². The van der Waals surface area contributed by atoms with Crippen molar-refractivity contribution in [2.45, 2.75) is 25.7 Å². The van der Waals surface area contributed by atoms with Gasteiger partial charge < -0.3 is 20.0 Å². The first-order valence-corrected chi connectivity index (χ1v) is 6.26. The molecule has 104 valence electrons. The zero-order valence-electron chi connectivity index (χ0n) is 11.0. The van der Waals surface area contributed by atoms with Crippen LogP contribution in [0.5, 0.6) is 5.75 Å². The number of carbonyl (C=O) groups is 2. The number of hydrogen-bond donors (Lipinski definition) is 1. The van der Waals surface area contributed by atoms with Crippen LogP contribution in [-0.2, 0) is 4.79 Å². The molecule has 1 amide bonds. The first-order chi connectivity index (χ1) is 9.15. The Morgan fingerprint density at radius 1 is 1.21 bits per heavy atom. The topological polar surface area (TPSA) is 78.5 Å². The summed E-state index contributed by atoms with van der Waals surface area (Å²) in [5.74, 6) is -0.674. The Morgan fingerprint density at radius 2 is 1.95 bits per heavy atom. The quantitative estimate of drug-likeness (QED) is 0.702. The maximum atomic E-state index is 11.9. The van der Waals surface area contributed by atoms with Crippen molar-refractivity contribution in [1.29, 1.82) is 0 Å². The van der Waals surface area contributed by atoms with E-state index in [4.69, 9.17) is 4.74 Å². The SMILES string of the molecule is COc1ccccc1C(=O)NCCCCCC(=O)[O-]. The zero-order valence-corrected chi connectivity index (χ0v) is 11.0. The lowest BCUT2D eigenvalue weighted by molar-refractivity contribution is -0.305. The fraction of sp³-hybridized carbons (Fsp3) is 0.429. The van der Waals surface area contributed by atoms with Gasteiger partial charge in [0.2, 0.25) is 0 Å². The van der Waals surface area contributed by atoms with Crippen LogP contribution >= 0.6 is 0 Å². The van der Waals surface area contributed by atoms with Gasteiger partial charge in [0.25, 0.3) is 5.91 Å². The van der Waals surface area contributed by atoms with Crippen LogP contribution in [0.3, 0.4) is 0 Å². The molecule has 0 aromatic heterocycles.